The molecule has 24 heavy (non-hydrogen) atoms. The van der Waals surface area contributed by atoms with Gasteiger partial charge in [0.15, 0.2) is 5.78 Å². The zero-order chi connectivity index (χ0) is 17.0. The predicted octanol–water partition coefficient (Wildman–Crippen LogP) is 6.01. The van der Waals surface area contributed by atoms with Gasteiger partial charge in [-0.2, -0.15) is 0 Å². The molecule has 1 unspecified atom stereocenters. The largest absolute Gasteiger partial charge is 0.295 e. The fourth-order valence-electron chi connectivity index (χ4n) is 3.40. The Hall–Kier alpha value is -1.41. The molecule has 126 valence electrons. The average Bonchev–Trinajstić information content (AvgIpc) is 2.61. The van der Waals surface area contributed by atoms with Gasteiger partial charge in [0.1, 0.15) is 0 Å². The second kappa shape index (κ2) is 7.65. The summed E-state index contributed by atoms with van der Waals surface area (Å²) in [6.07, 6.45) is 26.2. The fourth-order valence-corrected chi connectivity index (χ4v) is 3.69. The van der Waals surface area contributed by atoms with Gasteiger partial charge in [-0.1, -0.05) is 70.6 Å². The second-order valence-corrected chi connectivity index (χ2v) is 8.96. The minimum atomic E-state index is 0.0950. The fraction of sp³-hybridized carbons (Fsp3) is 0.409. The predicted molar refractivity (Wildman–Crippen MR) is 105 cm³/mol. The molecule has 0 aromatic heterocycles. The Bertz CT molecular complexity index is 670. The molecule has 3 rings (SSSR count). The highest BCUT2D eigenvalue weighted by molar-refractivity contribution is 9.10. The molecule has 0 aliphatic heterocycles. The quantitative estimate of drug-likeness (QED) is 0.428. The maximum absolute atomic E-state index is 12.4. The molecular formula is C22H25BrO. The lowest BCUT2D eigenvalue weighted by atomic mass is 9.82. The number of alkyl halides is 1. The molecule has 0 fully saturated rings. The first-order valence-corrected chi connectivity index (χ1v) is 9.66. The van der Waals surface area contributed by atoms with E-state index >= 15 is 0 Å². The highest BCUT2D eigenvalue weighted by atomic mass is 79.9. The summed E-state index contributed by atoms with van der Waals surface area (Å²) >= 11 is 3.71. The normalized spacial score (nSPS) is 32.8. The Morgan fingerprint density at radius 3 is 2.79 bits per heavy atom. The van der Waals surface area contributed by atoms with Crippen molar-refractivity contribution in [2.24, 2.45) is 11.8 Å². The maximum atomic E-state index is 12.4. The van der Waals surface area contributed by atoms with Gasteiger partial charge in [0.2, 0.25) is 0 Å². The van der Waals surface area contributed by atoms with E-state index in [0.29, 0.717) is 5.92 Å². The topological polar surface area (TPSA) is 17.1 Å². The van der Waals surface area contributed by atoms with Crippen molar-refractivity contribution in [2.75, 3.05) is 0 Å². The van der Waals surface area contributed by atoms with Crippen LogP contribution in [0.3, 0.4) is 0 Å². The van der Waals surface area contributed by atoms with Gasteiger partial charge >= 0.3 is 0 Å². The molecule has 1 nitrogen and oxygen atoms in total. The molecule has 0 heterocycles. The first-order valence-electron chi connectivity index (χ1n) is 8.87. The second-order valence-electron chi connectivity index (χ2n) is 7.15. The van der Waals surface area contributed by atoms with Crippen molar-refractivity contribution < 1.29 is 4.79 Å². The van der Waals surface area contributed by atoms with E-state index < -0.39 is 0 Å². The Labute approximate surface area is 153 Å². The third-order valence-corrected chi connectivity index (χ3v) is 5.63. The summed E-state index contributed by atoms with van der Waals surface area (Å²) in [5, 5.41) is 0. The zero-order valence-corrected chi connectivity index (χ0v) is 15.8. The van der Waals surface area contributed by atoms with Crippen LogP contribution in [0, 0.1) is 11.8 Å². The molecule has 0 bridgehead atoms. The number of rotatable bonds is 4. The van der Waals surface area contributed by atoms with Gasteiger partial charge in [-0.15, -0.1) is 0 Å². The van der Waals surface area contributed by atoms with E-state index in [-0.39, 0.29) is 16.0 Å². The van der Waals surface area contributed by atoms with E-state index in [0.717, 1.165) is 32.1 Å². The molecule has 0 radical (unpaired) electrons. The maximum Gasteiger partial charge on any atom is 0.158 e. The summed E-state index contributed by atoms with van der Waals surface area (Å²) in [6.45, 7) is 2.18. The molecule has 0 saturated carbocycles. The van der Waals surface area contributed by atoms with Gasteiger partial charge in [-0.05, 0) is 62.2 Å². The molecule has 3 aliphatic rings. The van der Waals surface area contributed by atoms with E-state index in [9.17, 15) is 4.79 Å². The smallest absolute Gasteiger partial charge is 0.158 e. The third-order valence-electron chi connectivity index (χ3n) is 5.04. The number of allylic oxidation sites excluding steroid dienone is 12. The zero-order valence-electron chi connectivity index (χ0n) is 14.2. The Balaban J connectivity index is 1.55. The van der Waals surface area contributed by atoms with Gasteiger partial charge in [-0.25, -0.2) is 0 Å². The van der Waals surface area contributed by atoms with E-state index in [2.05, 4.69) is 77.5 Å². The van der Waals surface area contributed by atoms with E-state index in [1.54, 1.807) is 0 Å². The molecule has 0 aromatic rings. The molecule has 0 aromatic carbocycles. The van der Waals surface area contributed by atoms with E-state index in [1.807, 2.05) is 6.08 Å². The van der Waals surface area contributed by atoms with Crippen LogP contribution in [-0.2, 0) is 4.79 Å². The Morgan fingerprint density at radius 2 is 2.17 bits per heavy atom. The number of ketones is 1. The molecule has 0 amide bonds. The standard InChI is InChI=1S/C22H25BrO/c1-22(23)15-13-19(14-16-22)18-8-10-20(11-9-18)21(24)12-7-17-5-3-2-4-6-17/h2-5,7-8,12-15,17,20H,6,9-11,16H2,1H3/b12-7+/t17-,20-,22?/m0/s1. The monoisotopic (exact) mass is 384 g/mol. The van der Waals surface area contributed by atoms with Crippen molar-refractivity contribution in [1.82, 2.24) is 0 Å². The first-order chi connectivity index (χ1) is 11.5. The molecule has 3 atom stereocenters. The summed E-state index contributed by atoms with van der Waals surface area (Å²) in [5.74, 6) is 0.821. The highest BCUT2D eigenvalue weighted by Gasteiger charge is 2.23. The van der Waals surface area contributed by atoms with Crippen molar-refractivity contribution in [3.8, 4) is 0 Å². The van der Waals surface area contributed by atoms with Crippen LogP contribution < -0.4 is 0 Å². The Morgan fingerprint density at radius 1 is 1.29 bits per heavy atom. The van der Waals surface area contributed by atoms with Crippen molar-refractivity contribution in [1.29, 1.82) is 0 Å². The van der Waals surface area contributed by atoms with Gasteiger partial charge in [-0.3, -0.25) is 4.79 Å². The average molecular weight is 385 g/mol. The lowest BCUT2D eigenvalue weighted by Gasteiger charge is -2.25. The summed E-state index contributed by atoms with van der Waals surface area (Å²) < 4.78 is 0.0950. The van der Waals surface area contributed by atoms with Crippen LogP contribution in [0.25, 0.3) is 0 Å². The van der Waals surface area contributed by atoms with Crippen LogP contribution in [0.1, 0.15) is 39.0 Å². The van der Waals surface area contributed by atoms with Crippen molar-refractivity contribution >= 4 is 21.7 Å². The highest BCUT2D eigenvalue weighted by Crippen LogP contribution is 2.35. The van der Waals surface area contributed by atoms with Crippen LogP contribution in [-0.4, -0.2) is 10.1 Å². The number of carbonyl (C=O) groups excluding carboxylic acids is 1. The molecule has 3 aliphatic carbocycles. The van der Waals surface area contributed by atoms with Crippen molar-refractivity contribution in [3.63, 3.8) is 0 Å². The molecule has 2 heteroatoms. The van der Waals surface area contributed by atoms with Gasteiger partial charge in [0.05, 0.1) is 0 Å². The van der Waals surface area contributed by atoms with Gasteiger partial charge < -0.3 is 0 Å². The van der Waals surface area contributed by atoms with Crippen LogP contribution in [0.4, 0.5) is 0 Å². The lowest BCUT2D eigenvalue weighted by molar-refractivity contribution is -0.118. The first kappa shape index (κ1) is 17.4. The summed E-state index contributed by atoms with van der Waals surface area (Å²) in [7, 11) is 0. The van der Waals surface area contributed by atoms with Crippen molar-refractivity contribution in [3.05, 3.63) is 71.9 Å². The van der Waals surface area contributed by atoms with Crippen LogP contribution in [0.2, 0.25) is 0 Å². The lowest BCUT2D eigenvalue weighted by Crippen LogP contribution is -2.17. The molecule has 0 saturated heterocycles. The number of carbonyl (C=O) groups is 1. The van der Waals surface area contributed by atoms with Gasteiger partial charge in [0, 0.05) is 10.2 Å². The minimum absolute atomic E-state index is 0.0950. The van der Waals surface area contributed by atoms with Crippen molar-refractivity contribution in [2.45, 2.75) is 43.4 Å². The SMILES string of the molecule is CC1(Br)C=CC(C2=CC[C@H](C(=O)/C=C/[C@H]3C=CC=CC3)CC2)=CC1. The van der Waals surface area contributed by atoms with Gasteiger partial charge in [0.25, 0.3) is 0 Å². The summed E-state index contributed by atoms with van der Waals surface area (Å²) in [4.78, 5) is 12.4. The molecule has 0 spiro atoms. The minimum Gasteiger partial charge on any atom is -0.295 e. The summed E-state index contributed by atoms with van der Waals surface area (Å²) in [6, 6.07) is 0. The summed E-state index contributed by atoms with van der Waals surface area (Å²) in [5.41, 5.74) is 2.75. The van der Waals surface area contributed by atoms with E-state index in [4.69, 9.17) is 0 Å². The number of hydrogen-bond donors (Lipinski definition) is 0. The van der Waals surface area contributed by atoms with E-state index in [1.165, 1.54) is 11.1 Å². The number of hydrogen-bond acceptors (Lipinski definition) is 1. The van der Waals surface area contributed by atoms with Crippen LogP contribution >= 0.6 is 15.9 Å². The number of halogens is 1. The van der Waals surface area contributed by atoms with Crippen LogP contribution in [0.5, 0.6) is 0 Å². The molecule has 0 N–H and O–H groups in total. The van der Waals surface area contributed by atoms with Crippen LogP contribution in [0.15, 0.2) is 71.9 Å². The Kier molecular flexibility index (Phi) is 5.55. The molecular weight excluding hydrogens is 360 g/mol. The third kappa shape index (κ3) is 4.57.